The van der Waals surface area contributed by atoms with Gasteiger partial charge in [-0.3, -0.25) is 10.3 Å². The predicted molar refractivity (Wildman–Crippen MR) is 101 cm³/mol. The van der Waals surface area contributed by atoms with E-state index in [2.05, 4.69) is 15.3 Å². The molecule has 3 rings (SSSR count). The Morgan fingerprint density at radius 1 is 1.20 bits per heavy atom. The second kappa shape index (κ2) is 7.90. The Labute approximate surface area is 150 Å². The smallest absolute Gasteiger partial charge is 0.411 e. The Balaban J connectivity index is 1.74. The zero-order valence-corrected chi connectivity index (χ0v) is 14.9. The van der Waals surface area contributed by atoms with E-state index < -0.39 is 6.09 Å². The van der Waals surface area contributed by atoms with Gasteiger partial charge < -0.3 is 4.74 Å². The summed E-state index contributed by atoms with van der Waals surface area (Å²) in [4.78, 5) is 20.5. The van der Waals surface area contributed by atoms with Crippen LogP contribution in [0.2, 0.25) is 0 Å². The van der Waals surface area contributed by atoms with Crippen molar-refractivity contribution in [2.45, 2.75) is 13.8 Å². The number of amides is 1. The van der Waals surface area contributed by atoms with Gasteiger partial charge in [-0.25, -0.2) is 9.78 Å². The van der Waals surface area contributed by atoms with Gasteiger partial charge in [0.15, 0.2) is 0 Å². The van der Waals surface area contributed by atoms with Crippen molar-refractivity contribution in [3.8, 4) is 21.8 Å². The number of rotatable bonds is 5. The first-order valence-electron chi connectivity index (χ1n) is 8.02. The summed E-state index contributed by atoms with van der Waals surface area (Å²) >= 11 is 1.58. The third kappa shape index (κ3) is 4.64. The molecule has 1 N–H and O–H groups in total. The average Bonchev–Trinajstić information content (AvgIpc) is 3.11. The number of aromatic nitrogens is 2. The molecule has 128 valence electrons. The minimum absolute atomic E-state index is 0.304. The predicted octanol–water partition coefficient (Wildman–Crippen LogP) is 5.08. The molecular formula is C19H19N3O2S. The van der Waals surface area contributed by atoms with Crippen LogP contribution in [0.1, 0.15) is 13.8 Å². The van der Waals surface area contributed by atoms with E-state index in [1.165, 1.54) is 0 Å². The highest BCUT2D eigenvalue weighted by molar-refractivity contribution is 7.13. The number of pyridine rings is 1. The van der Waals surface area contributed by atoms with Gasteiger partial charge in [0.2, 0.25) is 0 Å². The molecule has 0 aliphatic heterocycles. The molecular weight excluding hydrogens is 334 g/mol. The first-order valence-corrected chi connectivity index (χ1v) is 8.90. The van der Waals surface area contributed by atoms with Crippen LogP contribution >= 0.6 is 11.3 Å². The number of carbonyl (C=O) groups excluding carboxylic acids is 1. The van der Waals surface area contributed by atoms with E-state index in [1.54, 1.807) is 23.7 Å². The van der Waals surface area contributed by atoms with Crippen molar-refractivity contribution in [2.24, 2.45) is 5.92 Å². The molecule has 0 unspecified atom stereocenters. The van der Waals surface area contributed by atoms with E-state index in [1.807, 2.05) is 55.6 Å². The summed E-state index contributed by atoms with van der Waals surface area (Å²) in [6.45, 7) is 4.39. The Kier molecular flexibility index (Phi) is 5.40. The maximum Gasteiger partial charge on any atom is 0.411 e. The summed E-state index contributed by atoms with van der Waals surface area (Å²) in [6, 6.07) is 11.4. The van der Waals surface area contributed by atoms with E-state index in [0.717, 1.165) is 21.8 Å². The highest BCUT2D eigenvalue weighted by Crippen LogP contribution is 2.29. The first-order chi connectivity index (χ1) is 12.1. The molecule has 0 spiro atoms. The number of thiazole rings is 1. The number of anilines is 1. The summed E-state index contributed by atoms with van der Waals surface area (Å²) in [6.07, 6.45) is 3.06. The molecule has 1 amide bonds. The summed E-state index contributed by atoms with van der Waals surface area (Å²) in [5, 5.41) is 5.70. The van der Waals surface area contributed by atoms with Crippen LogP contribution in [0.4, 0.5) is 10.5 Å². The van der Waals surface area contributed by atoms with Crippen molar-refractivity contribution in [3.05, 3.63) is 54.2 Å². The number of benzene rings is 1. The quantitative estimate of drug-likeness (QED) is 0.695. The Morgan fingerprint density at radius 2 is 2.00 bits per heavy atom. The standard InChI is InChI=1S/C19H19N3O2S/c1-13(2)11-24-19(23)21-16-5-3-4-15(10-16)17-12-25-18(22-17)14-6-8-20-9-7-14/h3-10,12-13H,11H2,1-2H3,(H,21,23). The van der Waals surface area contributed by atoms with Gasteiger partial charge in [0.1, 0.15) is 5.01 Å². The lowest BCUT2D eigenvalue weighted by Crippen LogP contribution is -2.16. The second-order valence-electron chi connectivity index (χ2n) is 5.97. The topological polar surface area (TPSA) is 64.1 Å². The second-order valence-corrected chi connectivity index (χ2v) is 6.83. The Hall–Kier alpha value is -2.73. The maximum absolute atomic E-state index is 11.8. The van der Waals surface area contributed by atoms with E-state index >= 15 is 0 Å². The van der Waals surface area contributed by atoms with Crippen molar-refractivity contribution in [2.75, 3.05) is 11.9 Å². The van der Waals surface area contributed by atoms with E-state index in [4.69, 9.17) is 4.74 Å². The van der Waals surface area contributed by atoms with Gasteiger partial charge in [-0.2, -0.15) is 0 Å². The van der Waals surface area contributed by atoms with Gasteiger partial charge in [-0.15, -0.1) is 11.3 Å². The molecule has 0 aliphatic rings. The minimum atomic E-state index is -0.443. The van der Waals surface area contributed by atoms with E-state index in [9.17, 15) is 4.79 Å². The molecule has 0 radical (unpaired) electrons. The van der Waals surface area contributed by atoms with Crippen molar-refractivity contribution in [1.82, 2.24) is 9.97 Å². The van der Waals surface area contributed by atoms with Gasteiger partial charge in [-0.05, 0) is 30.2 Å². The molecule has 25 heavy (non-hydrogen) atoms. The summed E-state index contributed by atoms with van der Waals surface area (Å²) in [5.74, 6) is 0.304. The molecule has 0 bridgehead atoms. The van der Waals surface area contributed by atoms with Crippen molar-refractivity contribution in [3.63, 3.8) is 0 Å². The molecule has 0 aliphatic carbocycles. The van der Waals surface area contributed by atoms with Gasteiger partial charge in [0, 0.05) is 34.6 Å². The fourth-order valence-corrected chi connectivity index (χ4v) is 3.02. The number of nitrogens with zero attached hydrogens (tertiary/aromatic N) is 2. The molecule has 1 aromatic carbocycles. The fourth-order valence-electron chi connectivity index (χ4n) is 2.19. The number of ether oxygens (including phenoxy) is 1. The first kappa shape index (κ1) is 17.1. The molecule has 3 aromatic rings. The zero-order valence-electron chi connectivity index (χ0n) is 14.1. The van der Waals surface area contributed by atoms with Gasteiger partial charge in [-0.1, -0.05) is 26.0 Å². The molecule has 6 heteroatoms. The molecule has 2 heterocycles. The highest BCUT2D eigenvalue weighted by Gasteiger charge is 2.09. The van der Waals surface area contributed by atoms with Crippen LogP contribution in [-0.2, 0) is 4.74 Å². The van der Waals surface area contributed by atoms with Crippen molar-refractivity contribution >= 4 is 23.1 Å². The lowest BCUT2D eigenvalue weighted by atomic mass is 10.1. The van der Waals surface area contributed by atoms with Crippen LogP contribution < -0.4 is 5.32 Å². The number of carbonyl (C=O) groups is 1. The number of hydrogen-bond acceptors (Lipinski definition) is 5. The lowest BCUT2D eigenvalue weighted by molar-refractivity contribution is 0.147. The highest BCUT2D eigenvalue weighted by atomic mass is 32.1. The third-order valence-corrected chi connectivity index (χ3v) is 4.28. The van der Waals surface area contributed by atoms with Crippen LogP contribution in [0, 0.1) is 5.92 Å². The third-order valence-electron chi connectivity index (χ3n) is 3.38. The lowest BCUT2D eigenvalue weighted by Gasteiger charge is -2.09. The van der Waals surface area contributed by atoms with Crippen LogP contribution in [-0.4, -0.2) is 22.7 Å². The molecule has 2 aromatic heterocycles. The van der Waals surface area contributed by atoms with Crippen LogP contribution in [0.15, 0.2) is 54.2 Å². The molecule has 0 saturated carbocycles. The summed E-state index contributed by atoms with van der Waals surface area (Å²) in [7, 11) is 0. The van der Waals surface area contributed by atoms with E-state index in [-0.39, 0.29) is 0 Å². The summed E-state index contributed by atoms with van der Waals surface area (Å²) < 4.78 is 5.15. The largest absolute Gasteiger partial charge is 0.449 e. The molecule has 0 atom stereocenters. The Bertz CT molecular complexity index is 847. The van der Waals surface area contributed by atoms with Crippen molar-refractivity contribution in [1.29, 1.82) is 0 Å². The SMILES string of the molecule is CC(C)COC(=O)Nc1cccc(-c2csc(-c3ccncc3)n2)c1. The van der Waals surface area contributed by atoms with Crippen molar-refractivity contribution < 1.29 is 9.53 Å². The number of hydrogen-bond donors (Lipinski definition) is 1. The van der Waals surface area contributed by atoms with Gasteiger partial charge >= 0.3 is 6.09 Å². The van der Waals surface area contributed by atoms with Crippen LogP contribution in [0.3, 0.4) is 0 Å². The Morgan fingerprint density at radius 3 is 2.76 bits per heavy atom. The van der Waals surface area contributed by atoms with E-state index in [0.29, 0.717) is 18.2 Å². The molecule has 0 saturated heterocycles. The average molecular weight is 353 g/mol. The monoisotopic (exact) mass is 353 g/mol. The fraction of sp³-hybridized carbons (Fsp3) is 0.211. The van der Waals surface area contributed by atoms with Gasteiger partial charge in [0.25, 0.3) is 0 Å². The van der Waals surface area contributed by atoms with Gasteiger partial charge in [0.05, 0.1) is 12.3 Å². The molecule has 5 nitrogen and oxygen atoms in total. The zero-order chi connectivity index (χ0) is 17.6. The molecule has 0 fully saturated rings. The number of nitrogens with one attached hydrogen (secondary N) is 1. The van der Waals surface area contributed by atoms with Crippen LogP contribution in [0.25, 0.3) is 21.8 Å². The maximum atomic E-state index is 11.8. The van der Waals surface area contributed by atoms with Crippen LogP contribution in [0.5, 0.6) is 0 Å². The minimum Gasteiger partial charge on any atom is -0.449 e. The normalized spacial score (nSPS) is 10.7. The summed E-state index contributed by atoms with van der Waals surface area (Å²) in [5.41, 5.74) is 3.54.